The van der Waals surface area contributed by atoms with Crippen molar-refractivity contribution in [3.05, 3.63) is 0 Å². The number of hydrogen-bond donors (Lipinski definition) is 3. The summed E-state index contributed by atoms with van der Waals surface area (Å²) in [5.74, 6) is 1.00. The summed E-state index contributed by atoms with van der Waals surface area (Å²) in [7, 11) is -9.92. The maximum Gasteiger partial charge on any atom is 0.472 e. The highest BCUT2D eigenvalue weighted by Gasteiger charge is 2.30. The maximum atomic E-state index is 13.1. The highest BCUT2D eigenvalue weighted by atomic mass is 31.2. The summed E-state index contributed by atoms with van der Waals surface area (Å²) in [6.45, 7) is 14.2. The fourth-order valence-corrected chi connectivity index (χ4v) is 13.7. The largest absolute Gasteiger partial charge is 0.472 e. The molecule has 0 aliphatic rings. The Morgan fingerprint density at radius 1 is 0.283 bits per heavy atom. The minimum Gasteiger partial charge on any atom is -0.462 e. The number of unbranched alkanes of at least 4 members (excludes halogenated alkanes) is 40. The van der Waals surface area contributed by atoms with E-state index in [1.807, 2.05) is 0 Å². The molecular weight excluding hydrogens is 1290 g/mol. The molecule has 0 fully saturated rings. The number of carbonyl (C=O) groups excluding carboxylic acids is 4. The van der Waals surface area contributed by atoms with Crippen LogP contribution in [0, 0.1) is 23.7 Å². The molecule has 0 aliphatic carbocycles. The Morgan fingerprint density at radius 2 is 0.485 bits per heavy atom. The van der Waals surface area contributed by atoms with Gasteiger partial charge in [0, 0.05) is 25.7 Å². The molecule has 0 aliphatic heterocycles. The van der Waals surface area contributed by atoms with Crippen LogP contribution in [-0.2, 0) is 65.4 Å². The molecule has 0 aromatic heterocycles. The van der Waals surface area contributed by atoms with Crippen LogP contribution in [-0.4, -0.2) is 96.7 Å². The Morgan fingerprint density at radius 3 is 0.717 bits per heavy atom. The lowest BCUT2D eigenvalue weighted by Gasteiger charge is -2.21. The normalized spacial score (nSPS) is 14.9. The van der Waals surface area contributed by atoms with Crippen molar-refractivity contribution < 1.29 is 80.2 Å². The number of phosphoric acid groups is 2. The predicted molar refractivity (Wildman–Crippen MR) is 404 cm³/mol. The van der Waals surface area contributed by atoms with Gasteiger partial charge >= 0.3 is 39.5 Å². The van der Waals surface area contributed by atoms with Gasteiger partial charge < -0.3 is 33.8 Å². The first kappa shape index (κ1) is 97.1. The Hall–Kier alpha value is -1.94. The fraction of sp³-hybridized carbons (Fsp3) is 0.950. The molecule has 19 heteroatoms. The summed E-state index contributed by atoms with van der Waals surface area (Å²) in [6, 6.07) is 0. The van der Waals surface area contributed by atoms with Gasteiger partial charge in [-0.05, 0) is 49.4 Å². The van der Waals surface area contributed by atoms with E-state index in [1.165, 1.54) is 205 Å². The summed E-state index contributed by atoms with van der Waals surface area (Å²) >= 11 is 0. The SMILES string of the molecule is CCC(C)CCCCCCCCCCCCCCCCCCCCC(=O)O[C@H](COC(=O)CCCCCCCCCCCCCCCCC(C)C)COP(=O)(O)OC[C@@H](O)COP(=O)(O)OC[C@@H](COC(=O)CCCCCCCCC(C)CC)OC(=O)CCCCCCCCC(C)CC. The topological polar surface area (TPSA) is 237 Å². The van der Waals surface area contributed by atoms with Gasteiger partial charge in [0.2, 0.25) is 0 Å². The summed E-state index contributed by atoms with van der Waals surface area (Å²) in [5.41, 5.74) is 0. The van der Waals surface area contributed by atoms with Gasteiger partial charge in [-0.15, -0.1) is 0 Å². The second-order valence-corrected chi connectivity index (χ2v) is 32.9. The van der Waals surface area contributed by atoms with Crippen molar-refractivity contribution in [2.24, 2.45) is 23.7 Å². The second kappa shape index (κ2) is 69.1. The zero-order valence-electron chi connectivity index (χ0n) is 65.1. The molecular formula is C80H156O17P2. The van der Waals surface area contributed by atoms with E-state index < -0.39 is 97.5 Å². The number of hydrogen-bond acceptors (Lipinski definition) is 15. The Bertz CT molecular complexity index is 1940. The van der Waals surface area contributed by atoms with Crippen LogP contribution in [0.4, 0.5) is 0 Å². The molecule has 5 unspecified atom stereocenters. The van der Waals surface area contributed by atoms with E-state index in [0.717, 1.165) is 120 Å². The van der Waals surface area contributed by atoms with Gasteiger partial charge in [0.05, 0.1) is 26.4 Å². The zero-order valence-corrected chi connectivity index (χ0v) is 66.9. The molecule has 17 nitrogen and oxygen atoms in total. The smallest absolute Gasteiger partial charge is 0.462 e. The van der Waals surface area contributed by atoms with Crippen LogP contribution in [0.1, 0.15) is 409 Å². The summed E-state index contributed by atoms with van der Waals surface area (Å²) < 4.78 is 68.6. The minimum absolute atomic E-state index is 0.102. The molecule has 0 radical (unpaired) electrons. The predicted octanol–water partition coefficient (Wildman–Crippen LogP) is 23.6. The van der Waals surface area contributed by atoms with E-state index in [0.29, 0.717) is 25.7 Å². The van der Waals surface area contributed by atoms with Crippen LogP contribution in [0.15, 0.2) is 0 Å². The molecule has 0 rings (SSSR count). The molecule has 0 bridgehead atoms. The van der Waals surface area contributed by atoms with Crippen molar-refractivity contribution in [1.82, 2.24) is 0 Å². The van der Waals surface area contributed by atoms with Crippen molar-refractivity contribution in [2.45, 2.75) is 427 Å². The van der Waals surface area contributed by atoms with Gasteiger partial charge in [0.15, 0.2) is 12.2 Å². The molecule has 0 heterocycles. The average Bonchev–Trinajstić information content (AvgIpc) is 1.23. The number of carbonyl (C=O) groups is 4. The van der Waals surface area contributed by atoms with Crippen molar-refractivity contribution in [1.29, 1.82) is 0 Å². The van der Waals surface area contributed by atoms with Gasteiger partial charge in [0.25, 0.3) is 0 Å². The molecule has 0 aromatic rings. The second-order valence-electron chi connectivity index (χ2n) is 30.0. The van der Waals surface area contributed by atoms with Crippen LogP contribution in [0.3, 0.4) is 0 Å². The Kier molecular flexibility index (Phi) is 67.8. The third-order valence-corrected chi connectivity index (χ3v) is 21.6. The highest BCUT2D eigenvalue weighted by Crippen LogP contribution is 2.45. The van der Waals surface area contributed by atoms with Crippen LogP contribution in [0.25, 0.3) is 0 Å². The van der Waals surface area contributed by atoms with Gasteiger partial charge in [0.1, 0.15) is 19.3 Å². The molecule has 0 aromatic carbocycles. The average molecular weight is 1450 g/mol. The first-order valence-corrected chi connectivity index (χ1v) is 44.3. The molecule has 99 heavy (non-hydrogen) atoms. The van der Waals surface area contributed by atoms with Crippen LogP contribution >= 0.6 is 15.6 Å². The number of esters is 4. The summed E-state index contributed by atoms with van der Waals surface area (Å²) in [4.78, 5) is 72.9. The molecule has 0 saturated carbocycles. The lowest BCUT2D eigenvalue weighted by atomic mass is 9.99. The van der Waals surface area contributed by atoms with Crippen LogP contribution < -0.4 is 0 Å². The third kappa shape index (κ3) is 70.2. The number of phosphoric ester groups is 2. The van der Waals surface area contributed by atoms with E-state index in [4.69, 9.17) is 37.0 Å². The molecule has 0 amide bonds. The molecule has 0 spiro atoms. The van der Waals surface area contributed by atoms with Gasteiger partial charge in [-0.1, -0.05) is 357 Å². The lowest BCUT2D eigenvalue weighted by Crippen LogP contribution is -2.30. The molecule has 8 atom stereocenters. The highest BCUT2D eigenvalue weighted by molar-refractivity contribution is 7.47. The van der Waals surface area contributed by atoms with Crippen LogP contribution in [0.5, 0.6) is 0 Å². The molecule has 588 valence electrons. The van der Waals surface area contributed by atoms with Gasteiger partial charge in [-0.2, -0.15) is 0 Å². The van der Waals surface area contributed by atoms with Crippen molar-refractivity contribution in [2.75, 3.05) is 39.6 Å². The van der Waals surface area contributed by atoms with Crippen molar-refractivity contribution >= 4 is 39.5 Å². The quantitative estimate of drug-likeness (QED) is 0.0222. The van der Waals surface area contributed by atoms with E-state index in [-0.39, 0.29) is 25.7 Å². The molecule has 0 saturated heterocycles. The maximum absolute atomic E-state index is 13.1. The van der Waals surface area contributed by atoms with Crippen molar-refractivity contribution in [3.8, 4) is 0 Å². The first-order chi connectivity index (χ1) is 47.7. The van der Waals surface area contributed by atoms with E-state index in [2.05, 4.69) is 55.4 Å². The zero-order chi connectivity index (χ0) is 73.1. The minimum atomic E-state index is -4.96. The standard InChI is InChI=1S/C80H156O17P2/c1-9-71(6)57-49-41-33-29-25-21-16-14-12-13-15-17-23-27-31-35-46-54-62-79(84)96-75(66-90-77(82)60-52-44-34-30-26-22-19-18-20-24-28-32-40-48-56-70(4)5)68-94-98(86,87)92-64-74(81)65-93-99(88,89)95-69-76(97-80(85)63-55-47-39-37-43-51-59-73(8)11-3)67-91-78(83)61-53-45-38-36-42-50-58-72(7)10-2/h70-76,81H,9-69H2,1-8H3,(H,86,87)(H,88,89)/t71?,72?,73?,74-,75-,76-/m1/s1. The monoisotopic (exact) mass is 1450 g/mol. The lowest BCUT2D eigenvalue weighted by molar-refractivity contribution is -0.161. The van der Waals surface area contributed by atoms with E-state index in [9.17, 15) is 43.2 Å². The summed E-state index contributed by atoms with van der Waals surface area (Å²) in [5, 5.41) is 10.6. The Labute approximate surface area is 607 Å². The first-order valence-electron chi connectivity index (χ1n) is 41.3. The number of aliphatic hydroxyl groups is 1. The van der Waals surface area contributed by atoms with E-state index in [1.54, 1.807) is 0 Å². The van der Waals surface area contributed by atoms with Gasteiger partial charge in [-0.25, -0.2) is 9.13 Å². The number of rotatable bonds is 77. The Balaban J connectivity index is 5.20. The summed E-state index contributed by atoms with van der Waals surface area (Å²) in [6.07, 6.45) is 55.7. The van der Waals surface area contributed by atoms with Crippen molar-refractivity contribution in [3.63, 3.8) is 0 Å². The third-order valence-electron chi connectivity index (χ3n) is 19.7. The number of aliphatic hydroxyl groups excluding tert-OH is 1. The fourth-order valence-electron chi connectivity index (χ4n) is 12.2. The van der Waals surface area contributed by atoms with Gasteiger partial charge in [-0.3, -0.25) is 37.3 Å². The molecule has 3 N–H and O–H groups in total. The van der Waals surface area contributed by atoms with E-state index >= 15 is 0 Å². The number of ether oxygens (including phenoxy) is 4. The van der Waals surface area contributed by atoms with Crippen LogP contribution in [0.2, 0.25) is 0 Å².